The van der Waals surface area contributed by atoms with Crippen LogP contribution in [-0.2, 0) is 11.2 Å². The summed E-state index contributed by atoms with van der Waals surface area (Å²) in [6, 6.07) is 25.7. The molecule has 0 aliphatic carbocycles. The fourth-order valence-corrected chi connectivity index (χ4v) is 4.56. The van der Waals surface area contributed by atoms with Crippen molar-refractivity contribution < 1.29 is 27.9 Å². The summed E-state index contributed by atoms with van der Waals surface area (Å²) in [4.78, 5) is 35.6. The molecule has 4 aromatic carbocycles. The van der Waals surface area contributed by atoms with Crippen molar-refractivity contribution in [3.8, 4) is 22.3 Å². The van der Waals surface area contributed by atoms with Crippen LogP contribution in [0.25, 0.3) is 22.3 Å². The van der Waals surface area contributed by atoms with Crippen molar-refractivity contribution in [2.75, 3.05) is 13.6 Å². The van der Waals surface area contributed by atoms with Crippen LogP contribution in [0.2, 0.25) is 0 Å². The lowest BCUT2D eigenvalue weighted by molar-refractivity contribution is 0.0526. The number of alkyl carbamates (subject to hydrolysis) is 1. The number of benzene rings is 4. The first-order valence-electron chi connectivity index (χ1n) is 14.0. The predicted octanol–water partition coefficient (Wildman–Crippen LogP) is 7.67. The van der Waals surface area contributed by atoms with Crippen molar-refractivity contribution in [3.63, 3.8) is 0 Å². The summed E-state index contributed by atoms with van der Waals surface area (Å²) >= 11 is 0. The van der Waals surface area contributed by atoms with Crippen LogP contribution >= 0.6 is 0 Å². The van der Waals surface area contributed by atoms with Crippen molar-refractivity contribution in [1.29, 1.82) is 0 Å². The Labute approximate surface area is 250 Å². The molecule has 8 heteroatoms. The molecule has 0 aromatic heterocycles. The normalized spacial score (nSPS) is 12.4. The lowest BCUT2D eigenvalue weighted by Crippen LogP contribution is -2.33. The standard InChI is InChI=1S/C26H27F2NO2.C9H7NO2/c1-26(2,3)31-25(30)29-14-4-5-18-15-21(19-6-10-23(27)11-7-19)17-22(16-18)20-8-12-24(28)13-9-20;1-10-8(11)6-4-2-3-5-7(6)9(10)12/h6-13,15-17H,4-5,14H2,1-3H3,(H,29,30);2-5H,1H3. The summed E-state index contributed by atoms with van der Waals surface area (Å²) in [6.07, 6.45) is 1.04. The second-order valence-electron chi connectivity index (χ2n) is 11.2. The molecule has 1 aliphatic rings. The Morgan fingerprint density at radius 3 is 1.65 bits per heavy atom. The maximum atomic E-state index is 13.4. The number of halogens is 2. The molecule has 222 valence electrons. The zero-order valence-corrected chi connectivity index (χ0v) is 24.6. The average molecular weight is 585 g/mol. The number of amides is 3. The topological polar surface area (TPSA) is 75.7 Å². The molecular weight excluding hydrogens is 550 g/mol. The van der Waals surface area contributed by atoms with Gasteiger partial charge in [0.2, 0.25) is 0 Å². The fraction of sp³-hybridized carbons (Fsp3) is 0.229. The second-order valence-corrected chi connectivity index (χ2v) is 11.2. The van der Waals surface area contributed by atoms with E-state index in [1.807, 2.05) is 26.8 Å². The van der Waals surface area contributed by atoms with E-state index >= 15 is 0 Å². The van der Waals surface area contributed by atoms with Gasteiger partial charge < -0.3 is 10.1 Å². The highest BCUT2D eigenvalue weighted by Gasteiger charge is 2.31. The van der Waals surface area contributed by atoms with E-state index in [1.165, 1.54) is 31.3 Å². The van der Waals surface area contributed by atoms with E-state index in [-0.39, 0.29) is 23.4 Å². The molecule has 3 amide bonds. The number of rotatable bonds is 6. The lowest BCUT2D eigenvalue weighted by Gasteiger charge is -2.19. The molecule has 6 nitrogen and oxygen atoms in total. The highest BCUT2D eigenvalue weighted by molar-refractivity contribution is 6.21. The van der Waals surface area contributed by atoms with Crippen molar-refractivity contribution >= 4 is 17.9 Å². The highest BCUT2D eigenvalue weighted by Crippen LogP contribution is 2.29. The van der Waals surface area contributed by atoms with Gasteiger partial charge in [-0.1, -0.05) is 48.5 Å². The smallest absolute Gasteiger partial charge is 0.407 e. The number of carbonyl (C=O) groups excluding carboxylic acids is 3. The third-order valence-electron chi connectivity index (χ3n) is 6.66. The molecule has 43 heavy (non-hydrogen) atoms. The Hall–Kier alpha value is -4.85. The molecule has 0 bridgehead atoms. The number of imide groups is 1. The molecule has 0 unspecified atom stereocenters. The SMILES string of the molecule is CC(C)(C)OC(=O)NCCCc1cc(-c2ccc(F)cc2)cc(-c2ccc(F)cc2)c1.CN1C(=O)c2ccccc2C1=O. The Bertz CT molecular complexity index is 1510. The van der Waals surface area contributed by atoms with Gasteiger partial charge in [-0.15, -0.1) is 0 Å². The van der Waals surface area contributed by atoms with E-state index < -0.39 is 11.7 Å². The number of nitrogens with one attached hydrogen (secondary N) is 1. The van der Waals surface area contributed by atoms with Crippen LogP contribution in [-0.4, -0.2) is 42.0 Å². The van der Waals surface area contributed by atoms with Gasteiger partial charge in [0.15, 0.2) is 0 Å². The van der Waals surface area contributed by atoms with Crippen LogP contribution in [0, 0.1) is 11.6 Å². The molecule has 0 fully saturated rings. The Morgan fingerprint density at radius 1 is 0.744 bits per heavy atom. The number of carbonyl (C=O) groups is 3. The van der Waals surface area contributed by atoms with E-state index in [1.54, 1.807) is 48.5 Å². The number of hydrogen-bond acceptors (Lipinski definition) is 4. The monoisotopic (exact) mass is 584 g/mol. The van der Waals surface area contributed by atoms with Crippen LogP contribution in [0.15, 0.2) is 91.0 Å². The highest BCUT2D eigenvalue weighted by atomic mass is 19.1. The Kier molecular flexibility index (Phi) is 9.70. The van der Waals surface area contributed by atoms with Crippen molar-refractivity contribution in [2.24, 2.45) is 0 Å². The van der Waals surface area contributed by atoms with E-state index in [0.717, 1.165) is 45.6 Å². The van der Waals surface area contributed by atoms with E-state index in [0.29, 0.717) is 17.7 Å². The van der Waals surface area contributed by atoms with Crippen LogP contribution in [0.3, 0.4) is 0 Å². The molecule has 0 atom stereocenters. The minimum Gasteiger partial charge on any atom is -0.444 e. The summed E-state index contributed by atoms with van der Waals surface area (Å²) in [5.74, 6) is -0.995. The minimum absolute atomic E-state index is 0.212. The zero-order valence-electron chi connectivity index (χ0n) is 24.6. The molecule has 0 saturated carbocycles. The Balaban J connectivity index is 0.000000292. The summed E-state index contributed by atoms with van der Waals surface area (Å²) in [5.41, 5.74) is 5.27. The zero-order chi connectivity index (χ0) is 31.1. The third kappa shape index (κ3) is 8.35. The summed E-state index contributed by atoms with van der Waals surface area (Å²) in [5, 5.41) is 2.77. The van der Waals surface area contributed by atoms with E-state index in [9.17, 15) is 23.2 Å². The average Bonchev–Trinajstić information content (AvgIpc) is 3.19. The number of hydrogen-bond donors (Lipinski definition) is 1. The maximum absolute atomic E-state index is 13.4. The van der Waals surface area contributed by atoms with Gasteiger partial charge in [0, 0.05) is 13.6 Å². The van der Waals surface area contributed by atoms with E-state index in [4.69, 9.17) is 4.74 Å². The van der Waals surface area contributed by atoms with Gasteiger partial charge in [-0.2, -0.15) is 0 Å². The molecule has 0 spiro atoms. The second kappa shape index (κ2) is 13.4. The summed E-state index contributed by atoms with van der Waals surface area (Å²) in [7, 11) is 1.49. The van der Waals surface area contributed by atoms with Gasteiger partial charge in [0.1, 0.15) is 17.2 Å². The molecule has 5 rings (SSSR count). The van der Waals surface area contributed by atoms with Crippen molar-refractivity contribution in [1.82, 2.24) is 10.2 Å². The molecule has 1 N–H and O–H groups in total. The van der Waals surface area contributed by atoms with Crippen molar-refractivity contribution in [3.05, 3.63) is 119 Å². The molecular formula is C35H34F2N2O4. The molecule has 0 radical (unpaired) electrons. The molecule has 4 aromatic rings. The fourth-order valence-electron chi connectivity index (χ4n) is 4.56. The summed E-state index contributed by atoms with van der Waals surface area (Å²) < 4.78 is 32.0. The van der Waals surface area contributed by atoms with Gasteiger partial charge in [0.25, 0.3) is 11.8 Å². The van der Waals surface area contributed by atoms with Gasteiger partial charge >= 0.3 is 6.09 Å². The molecule has 0 saturated heterocycles. The van der Waals surface area contributed by atoms with Gasteiger partial charge in [-0.05, 0) is 104 Å². The van der Waals surface area contributed by atoms with Crippen LogP contribution in [0.5, 0.6) is 0 Å². The first kappa shape index (κ1) is 31.1. The first-order valence-corrected chi connectivity index (χ1v) is 14.0. The van der Waals surface area contributed by atoms with Gasteiger partial charge in [0.05, 0.1) is 11.1 Å². The first-order chi connectivity index (χ1) is 20.4. The minimum atomic E-state index is -0.530. The number of nitrogens with zero attached hydrogens (tertiary/aromatic N) is 1. The number of ether oxygens (including phenoxy) is 1. The van der Waals surface area contributed by atoms with Gasteiger partial charge in [-0.3, -0.25) is 14.5 Å². The van der Waals surface area contributed by atoms with Crippen LogP contribution in [0.4, 0.5) is 13.6 Å². The van der Waals surface area contributed by atoms with E-state index in [2.05, 4.69) is 17.4 Å². The molecule has 1 heterocycles. The largest absolute Gasteiger partial charge is 0.444 e. The number of fused-ring (bicyclic) bond motifs is 1. The van der Waals surface area contributed by atoms with Gasteiger partial charge in [-0.25, -0.2) is 13.6 Å². The third-order valence-corrected chi connectivity index (χ3v) is 6.66. The van der Waals surface area contributed by atoms with Crippen LogP contribution in [0.1, 0.15) is 53.5 Å². The lowest BCUT2D eigenvalue weighted by atomic mass is 9.94. The maximum Gasteiger partial charge on any atom is 0.407 e. The number of aryl methyl sites for hydroxylation is 1. The quantitative estimate of drug-likeness (QED) is 0.186. The molecule has 1 aliphatic heterocycles. The Morgan fingerprint density at radius 2 is 1.21 bits per heavy atom. The van der Waals surface area contributed by atoms with Crippen molar-refractivity contribution in [2.45, 2.75) is 39.2 Å². The van der Waals surface area contributed by atoms with Crippen LogP contribution < -0.4 is 5.32 Å². The predicted molar refractivity (Wildman–Crippen MR) is 163 cm³/mol. The summed E-state index contributed by atoms with van der Waals surface area (Å²) in [6.45, 7) is 5.96.